The number of benzene rings is 6. The van der Waals surface area contributed by atoms with E-state index in [2.05, 4.69) is 4.98 Å². The minimum atomic E-state index is -2.19. The molecular formula is C35H17F6NO. The van der Waals surface area contributed by atoms with Crippen LogP contribution in [0.5, 0.6) is 0 Å². The van der Waals surface area contributed by atoms with Gasteiger partial charge >= 0.3 is 0 Å². The Bertz CT molecular complexity index is 2160. The highest BCUT2D eigenvalue weighted by atomic mass is 19.2. The summed E-state index contributed by atoms with van der Waals surface area (Å²) in [5.41, 5.74) is 4.10. The van der Waals surface area contributed by atoms with Gasteiger partial charge in [-0.05, 0) is 75.0 Å². The third-order valence-corrected chi connectivity index (χ3v) is 7.37. The van der Waals surface area contributed by atoms with Crippen LogP contribution in [0.1, 0.15) is 0 Å². The molecule has 1 heterocycles. The van der Waals surface area contributed by atoms with Gasteiger partial charge in [-0.25, -0.2) is 31.3 Å². The first kappa shape index (κ1) is 26.5. The first-order valence-electron chi connectivity index (χ1n) is 13.1. The Morgan fingerprint density at radius 3 is 1.44 bits per heavy atom. The van der Waals surface area contributed by atoms with Gasteiger partial charge in [-0.15, -0.1) is 0 Å². The molecule has 0 radical (unpaired) electrons. The first-order chi connectivity index (χ1) is 20.8. The Labute approximate surface area is 240 Å². The highest BCUT2D eigenvalue weighted by Gasteiger charge is 2.26. The van der Waals surface area contributed by atoms with Crippen molar-refractivity contribution in [1.29, 1.82) is 0 Å². The van der Waals surface area contributed by atoms with Gasteiger partial charge in [0.2, 0.25) is 11.7 Å². The van der Waals surface area contributed by atoms with Crippen molar-refractivity contribution in [2.45, 2.75) is 0 Å². The number of nitrogens with zero attached hydrogens (tertiary/aromatic N) is 1. The Kier molecular flexibility index (Phi) is 6.27. The number of fused-ring (bicyclic) bond motifs is 2. The van der Waals surface area contributed by atoms with Crippen molar-refractivity contribution in [3.05, 3.63) is 138 Å². The third-order valence-electron chi connectivity index (χ3n) is 7.37. The van der Waals surface area contributed by atoms with Crippen LogP contribution in [0.25, 0.3) is 66.7 Å². The van der Waals surface area contributed by atoms with Crippen molar-refractivity contribution in [3.8, 4) is 44.8 Å². The lowest BCUT2D eigenvalue weighted by Gasteiger charge is -2.10. The van der Waals surface area contributed by atoms with Crippen molar-refractivity contribution >= 4 is 21.9 Å². The zero-order valence-corrected chi connectivity index (χ0v) is 21.9. The quantitative estimate of drug-likeness (QED) is 0.117. The molecule has 0 bridgehead atoms. The second-order valence-corrected chi connectivity index (χ2v) is 10.0. The summed E-state index contributed by atoms with van der Waals surface area (Å²) in [5, 5.41) is 1.92. The van der Waals surface area contributed by atoms with E-state index in [1.807, 2.05) is 60.7 Å². The summed E-state index contributed by atoms with van der Waals surface area (Å²) in [6.07, 6.45) is 0. The summed E-state index contributed by atoms with van der Waals surface area (Å²) in [6.45, 7) is 0. The maximum absolute atomic E-state index is 14.3. The lowest BCUT2D eigenvalue weighted by atomic mass is 9.96. The summed E-state index contributed by atoms with van der Waals surface area (Å²) >= 11 is 0. The molecule has 7 aromatic rings. The molecule has 0 N–H and O–H groups in total. The number of aromatic nitrogens is 1. The lowest BCUT2D eigenvalue weighted by molar-refractivity contribution is 0.381. The molecule has 0 spiro atoms. The van der Waals surface area contributed by atoms with Crippen molar-refractivity contribution in [1.82, 2.24) is 4.98 Å². The zero-order valence-electron chi connectivity index (χ0n) is 21.9. The van der Waals surface area contributed by atoms with Crippen LogP contribution >= 0.6 is 0 Å². The predicted molar refractivity (Wildman–Crippen MR) is 153 cm³/mol. The van der Waals surface area contributed by atoms with Crippen LogP contribution in [-0.4, -0.2) is 4.98 Å². The van der Waals surface area contributed by atoms with Crippen LogP contribution in [0, 0.1) is 34.9 Å². The maximum Gasteiger partial charge on any atom is 0.227 e. The molecule has 0 fully saturated rings. The van der Waals surface area contributed by atoms with Crippen molar-refractivity contribution in [2.24, 2.45) is 0 Å². The van der Waals surface area contributed by atoms with E-state index in [4.69, 9.17) is 4.42 Å². The fourth-order valence-corrected chi connectivity index (χ4v) is 5.12. The van der Waals surface area contributed by atoms with Crippen molar-refractivity contribution in [3.63, 3.8) is 0 Å². The van der Waals surface area contributed by atoms with E-state index in [-0.39, 0.29) is 5.56 Å². The van der Waals surface area contributed by atoms with E-state index in [0.29, 0.717) is 22.6 Å². The van der Waals surface area contributed by atoms with Crippen LogP contribution in [0.15, 0.2) is 108 Å². The monoisotopic (exact) mass is 581 g/mol. The molecule has 0 aliphatic heterocycles. The molecule has 43 heavy (non-hydrogen) atoms. The topological polar surface area (TPSA) is 26.0 Å². The molecule has 2 nitrogen and oxygen atoms in total. The molecule has 0 unspecified atom stereocenters. The standard InChI is InChI=1S/C35H17F6NO/c36-26-13-14-27-28(17-26)43-35(42-27)21-7-3-19(4-8-21)23-10-12-24-15-22(9-11-25(24)16-23)18-1-5-20(6-2-18)29-30(37)32(39)34(41)33(40)31(29)38/h1-17H. The predicted octanol–water partition coefficient (Wildman–Crippen LogP) is 10.5. The van der Waals surface area contributed by atoms with Gasteiger partial charge in [0.05, 0.1) is 5.56 Å². The van der Waals surface area contributed by atoms with Gasteiger partial charge in [0, 0.05) is 11.6 Å². The van der Waals surface area contributed by atoms with Crippen molar-refractivity contribution in [2.75, 3.05) is 0 Å². The molecule has 8 heteroatoms. The van der Waals surface area contributed by atoms with E-state index in [9.17, 15) is 26.3 Å². The summed E-state index contributed by atoms with van der Waals surface area (Å²) in [7, 11) is 0. The Balaban J connectivity index is 1.15. The number of hydrogen-bond donors (Lipinski definition) is 0. The van der Waals surface area contributed by atoms with Gasteiger partial charge in [0.15, 0.2) is 28.9 Å². The van der Waals surface area contributed by atoms with Crippen molar-refractivity contribution < 1.29 is 30.8 Å². The summed E-state index contributed by atoms with van der Waals surface area (Å²) in [5.74, 6) is -9.89. The molecule has 0 amide bonds. The van der Waals surface area contributed by atoms with E-state index in [1.165, 1.54) is 24.3 Å². The molecule has 0 saturated heterocycles. The molecule has 7 rings (SSSR count). The average Bonchev–Trinajstić information content (AvgIpc) is 3.46. The van der Waals surface area contributed by atoms with E-state index < -0.39 is 40.5 Å². The second kappa shape index (κ2) is 10.2. The normalized spacial score (nSPS) is 11.5. The number of halogens is 6. The van der Waals surface area contributed by atoms with Crippen LogP contribution in [-0.2, 0) is 0 Å². The fraction of sp³-hybridized carbons (Fsp3) is 0. The minimum Gasteiger partial charge on any atom is -0.436 e. The summed E-state index contributed by atoms with van der Waals surface area (Å²) in [6, 6.07) is 29.4. The number of hydrogen-bond acceptors (Lipinski definition) is 2. The van der Waals surface area contributed by atoms with Crippen LogP contribution in [0.4, 0.5) is 26.3 Å². The number of rotatable bonds is 4. The highest BCUT2D eigenvalue weighted by molar-refractivity contribution is 5.91. The molecule has 6 aromatic carbocycles. The summed E-state index contributed by atoms with van der Waals surface area (Å²) in [4.78, 5) is 4.43. The average molecular weight is 582 g/mol. The Hall–Kier alpha value is -5.37. The highest BCUT2D eigenvalue weighted by Crippen LogP contribution is 2.34. The van der Waals surface area contributed by atoms with Gasteiger partial charge in [-0.3, -0.25) is 0 Å². The Morgan fingerprint density at radius 2 is 0.884 bits per heavy atom. The molecule has 0 aliphatic carbocycles. The zero-order chi connectivity index (χ0) is 29.8. The van der Waals surface area contributed by atoms with Gasteiger partial charge in [-0.2, -0.15) is 0 Å². The minimum absolute atomic E-state index is 0.127. The molecule has 210 valence electrons. The summed E-state index contributed by atoms with van der Waals surface area (Å²) < 4.78 is 88.5. The fourth-order valence-electron chi connectivity index (χ4n) is 5.12. The Morgan fingerprint density at radius 1 is 0.419 bits per heavy atom. The molecular weight excluding hydrogens is 564 g/mol. The smallest absolute Gasteiger partial charge is 0.227 e. The van der Waals surface area contributed by atoms with Gasteiger partial charge in [0.1, 0.15) is 11.3 Å². The van der Waals surface area contributed by atoms with E-state index in [1.54, 1.807) is 18.2 Å². The lowest BCUT2D eigenvalue weighted by Crippen LogP contribution is -2.03. The van der Waals surface area contributed by atoms with E-state index >= 15 is 0 Å². The van der Waals surface area contributed by atoms with E-state index in [0.717, 1.165) is 33.0 Å². The third kappa shape index (κ3) is 4.61. The molecule has 0 atom stereocenters. The second-order valence-electron chi connectivity index (χ2n) is 10.0. The van der Waals surface area contributed by atoms with Crippen LogP contribution in [0.2, 0.25) is 0 Å². The largest absolute Gasteiger partial charge is 0.436 e. The first-order valence-corrected chi connectivity index (χ1v) is 13.1. The SMILES string of the molecule is Fc1ccc2nc(-c3ccc(-c4ccc5cc(-c6ccc(-c7c(F)c(F)c(F)c(F)c7F)cc6)ccc5c4)cc3)oc2c1. The van der Waals surface area contributed by atoms with Gasteiger partial charge in [0.25, 0.3) is 0 Å². The van der Waals surface area contributed by atoms with Gasteiger partial charge < -0.3 is 4.42 Å². The number of oxazole rings is 1. The van der Waals surface area contributed by atoms with Crippen LogP contribution in [0.3, 0.4) is 0 Å². The molecule has 1 aromatic heterocycles. The maximum atomic E-state index is 14.3. The molecule has 0 saturated carbocycles. The van der Waals surface area contributed by atoms with Crippen LogP contribution < -0.4 is 0 Å². The molecule has 0 aliphatic rings. The van der Waals surface area contributed by atoms with Gasteiger partial charge in [-0.1, -0.05) is 60.7 Å².